The quantitative estimate of drug-likeness (QED) is 0.0354. The first kappa shape index (κ1) is 50.1. The molecule has 0 aliphatic heterocycles. The molecule has 0 aliphatic carbocycles. The van der Waals surface area contributed by atoms with E-state index < -0.39 is 0 Å². The van der Waals surface area contributed by atoms with Crippen molar-refractivity contribution in [3.8, 4) is 0 Å². The number of nitrogens with two attached hydrogens (primary N) is 2. The second-order valence-electron chi connectivity index (χ2n) is 18.8. The molecule has 4 aromatic carbocycles. The fraction of sp³-hybridized carbons (Fsp3) is 0.593. The molecule has 2 heteroatoms. The van der Waals surface area contributed by atoms with Crippen molar-refractivity contribution in [2.75, 3.05) is 11.5 Å². The monoisotopic (exact) mass is 827 g/mol. The van der Waals surface area contributed by atoms with Gasteiger partial charge in [-0.1, -0.05) is 247 Å². The third kappa shape index (κ3) is 21.4. The largest absolute Gasteiger partial charge is 0.399 e. The Hall–Kier alpha value is -3.52. The van der Waals surface area contributed by atoms with Crippen LogP contribution in [0.3, 0.4) is 0 Å². The standard InChI is InChI=1S/C59H90N2/c1-3-5-7-9-11-14-20-24-28-32-58(54-42-46-56(60)47-43-54)52-38-34-50(35-39-52)30-26-22-18-16-13-17-19-23-27-31-51-36-40-53(41-37-51)59(55-44-48-57(61)49-45-55)33-29-25-21-15-12-10-8-6-4-2/h34-49,58-59H,3-33,60-61H2,1-2H3. The van der Waals surface area contributed by atoms with Gasteiger partial charge in [0.05, 0.1) is 0 Å². The predicted molar refractivity (Wildman–Crippen MR) is 271 cm³/mol. The van der Waals surface area contributed by atoms with E-state index >= 15 is 0 Å². The maximum Gasteiger partial charge on any atom is 0.0314 e. The smallest absolute Gasteiger partial charge is 0.0314 e. The lowest BCUT2D eigenvalue weighted by Crippen LogP contribution is -2.02. The third-order valence-corrected chi connectivity index (χ3v) is 13.6. The van der Waals surface area contributed by atoms with E-state index in [1.807, 2.05) is 0 Å². The first-order valence-corrected chi connectivity index (χ1v) is 26.0. The number of aryl methyl sites for hydroxylation is 2. The van der Waals surface area contributed by atoms with Gasteiger partial charge < -0.3 is 11.5 Å². The van der Waals surface area contributed by atoms with Crippen LogP contribution in [0.1, 0.15) is 245 Å². The summed E-state index contributed by atoms with van der Waals surface area (Å²) >= 11 is 0. The molecule has 4 rings (SSSR count). The zero-order valence-electron chi connectivity index (χ0n) is 39.5. The highest BCUT2D eigenvalue weighted by Crippen LogP contribution is 2.33. The van der Waals surface area contributed by atoms with Gasteiger partial charge in [0.15, 0.2) is 0 Å². The Kier molecular flexibility index (Phi) is 26.5. The minimum Gasteiger partial charge on any atom is -0.399 e. The summed E-state index contributed by atoms with van der Waals surface area (Å²) in [6.45, 7) is 4.60. The van der Waals surface area contributed by atoms with Gasteiger partial charge in [0.1, 0.15) is 0 Å². The molecule has 0 amide bonds. The molecule has 61 heavy (non-hydrogen) atoms. The van der Waals surface area contributed by atoms with Crippen molar-refractivity contribution in [1.82, 2.24) is 0 Å². The van der Waals surface area contributed by atoms with E-state index in [0.29, 0.717) is 11.8 Å². The normalized spacial score (nSPS) is 12.5. The van der Waals surface area contributed by atoms with E-state index in [2.05, 4.69) is 111 Å². The molecule has 0 radical (unpaired) electrons. The Balaban J connectivity index is 1.06. The molecular formula is C59H90N2. The second kappa shape index (κ2) is 32.2. The summed E-state index contributed by atoms with van der Waals surface area (Å²) in [7, 11) is 0. The first-order valence-electron chi connectivity index (χ1n) is 26.0. The fourth-order valence-corrected chi connectivity index (χ4v) is 9.56. The van der Waals surface area contributed by atoms with Crippen LogP contribution in [-0.4, -0.2) is 0 Å². The van der Waals surface area contributed by atoms with Crippen molar-refractivity contribution in [2.45, 2.75) is 225 Å². The molecule has 0 spiro atoms. The van der Waals surface area contributed by atoms with Gasteiger partial charge in [-0.3, -0.25) is 0 Å². The van der Waals surface area contributed by atoms with Crippen molar-refractivity contribution >= 4 is 11.4 Å². The van der Waals surface area contributed by atoms with Gasteiger partial charge in [-0.25, -0.2) is 0 Å². The Morgan fingerprint density at radius 3 is 0.787 bits per heavy atom. The average Bonchev–Trinajstić information content (AvgIpc) is 3.28. The summed E-state index contributed by atoms with van der Waals surface area (Å²) in [5.74, 6) is 0.925. The zero-order valence-corrected chi connectivity index (χ0v) is 39.5. The highest BCUT2D eigenvalue weighted by atomic mass is 14.5. The van der Waals surface area contributed by atoms with Crippen LogP contribution in [0, 0.1) is 0 Å². The van der Waals surface area contributed by atoms with Gasteiger partial charge >= 0.3 is 0 Å². The second-order valence-corrected chi connectivity index (χ2v) is 18.8. The molecule has 4 aromatic rings. The van der Waals surface area contributed by atoms with E-state index in [1.54, 1.807) is 0 Å². The van der Waals surface area contributed by atoms with Crippen LogP contribution in [0.25, 0.3) is 0 Å². The van der Waals surface area contributed by atoms with Gasteiger partial charge in [0.2, 0.25) is 0 Å². The maximum atomic E-state index is 6.06. The molecule has 0 bridgehead atoms. The lowest BCUT2D eigenvalue weighted by atomic mass is 9.86. The fourth-order valence-electron chi connectivity index (χ4n) is 9.56. The van der Waals surface area contributed by atoms with Crippen LogP contribution in [-0.2, 0) is 12.8 Å². The lowest BCUT2D eigenvalue weighted by Gasteiger charge is -2.19. The summed E-state index contributed by atoms with van der Waals surface area (Å²) in [5.41, 5.74) is 22.6. The minimum atomic E-state index is 0.462. The minimum absolute atomic E-state index is 0.462. The molecular weight excluding hydrogens is 737 g/mol. The zero-order chi connectivity index (χ0) is 43.0. The molecule has 0 heterocycles. The van der Waals surface area contributed by atoms with Crippen LogP contribution in [0.15, 0.2) is 97.1 Å². The topological polar surface area (TPSA) is 52.0 Å². The number of rotatable bonds is 36. The van der Waals surface area contributed by atoms with E-state index in [4.69, 9.17) is 11.5 Å². The van der Waals surface area contributed by atoms with Crippen molar-refractivity contribution < 1.29 is 0 Å². The summed E-state index contributed by atoms with van der Waals surface area (Å²) in [5, 5.41) is 0. The van der Waals surface area contributed by atoms with Crippen molar-refractivity contribution in [2.24, 2.45) is 0 Å². The van der Waals surface area contributed by atoms with E-state index in [0.717, 1.165) is 11.4 Å². The SMILES string of the molecule is CCCCCCCCCCCC(c1ccc(N)cc1)c1ccc(CCCCCCCCCCCc2ccc(C(CCCCCCCCCCC)c3ccc(N)cc3)cc2)cc1. The number of unbranched alkanes of at least 4 members (excludes halogenated alkanes) is 24. The summed E-state index contributed by atoms with van der Waals surface area (Å²) < 4.78 is 0. The number of hydrogen-bond acceptors (Lipinski definition) is 2. The highest BCUT2D eigenvalue weighted by Gasteiger charge is 2.16. The van der Waals surface area contributed by atoms with E-state index in [1.165, 1.54) is 232 Å². The van der Waals surface area contributed by atoms with Crippen molar-refractivity contribution in [3.05, 3.63) is 130 Å². The van der Waals surface area contributed by atoms with Gasteiger partial charge in [0.25, 0.3) is 0 Å². The maximum absolute atomic E-state index is 6.06. The Morgan fingerprint density at radius 2 is 0.508 bits per heavy atom. The van der Waals surface area contributed by atoms with Crippen LogP contribution >= 0.6 is 0 Å². The molecule has 2 nitrogen and oxygen atoms in total. The molecule has 0 fully saturated rings. The molecule has 0 saturated heterocycles. The third-order valence-electron chi connectivity index (χ3n) is 13.6. The summed E-state index contributed by atoms with van der Waals surface area (Å²) in [6.07, 6.45) is 41.8. The van der Waals surface area contributed by atoms with Crippen LogP contribution in [0.4, 0.5) is 11.4 Å². The number of hydrogen-bond donors (Lipinski definition) is 2. The van der Waals surface area contributed by atoms with Crippen LogP contribution < -0.4 is 11.5 Å². The molecule has 0 aromatic heterocycles. The van der Waals surface area contributed by atoms with Gasteiger partial charge in [-0.15, -0.1) is 0 Å². The average molecular weight is 827 g/mol. The molecule has 0 saturated carbocycles. The Morgan fingerprint density at radius 1 is 0.279 bits per heavy atom. The lowest BCUT2D eigenvalue weighted by molar-refractivity contribution is 0.545. The van der Waals surface area contributed by atoms with E-state index in [-0.39, 0.29) is 0 Å². The first-order chi connectivity index (χ1) is 30.1. The van der Waals surface area contributed by atoms with Crippen LogP contribution in [0.2, 0.25) is 0 Å². The molecule has 336 valence electrons. The molecule has 4 N–H and O–H groups in total. The summed E-state index contributed by atoms with van der Waals surface area (Å²) in [4.78, 5) is 0. The van der Waals surface area contributed by atoms with Gasteiger partial charge in [0, 0.05) is 23.2 Å². The van der Waals surface area contributed by atoms with Crippen LogP contribution in [0.5, 0.6) is 0 Å². The predicted octanol–water partition coefficient (Wildman–Crippen LogP) is 18.3. The highest BCUT2D eigenvalue weighted by molar-refractivity contribution is 5.44. The van der Waals surface area contributed by atoms with E-state index in [9.17, 15) is 0 Å². The van der Waals surface area contributed by atoms with Crippen molar-refractivity contribution in [3.63, 3.8) is 0 Å². The molecule has 0 aliphatic rings. The number of benzene rings is 4. The summed E-state index contributed by atoms with van der Waals surface area (Å²) in [6, 6.07) is 36.6. The Bertz CT molecular complexity index is 1480. The molecule has 2 atom stereocenters. The number of anilines is 2. The van der Waals surface area contributed by atoms with Gasteiger partial charge in [-0.05, 0) is 96.2 Å². The van der Waals surface area contributed by atoms with Crippen molar-refractivity contribution in [1.29, 1.82) is 0 Å². The Labute approximate surface area is 376 Å². The molecule has 2 unspecified atom stereocenters. The number of nitrogen functional groups attached to an aromatic ring is 2. The van der Waals surface area contributed by atoms with Gasteiger partial charge in [-0.2, -0.15) is 0 Å².